The maximum absolute atomic E-state index is 13.6. The van der Waals surface area contributed by atoms with Crippen LogP contribution in [0.1, 0.15) is 32.3 Å². The second kappa shape index (κ2) is 7.09. The van der Waals surface area contributed by atoms with Crippen LogP contribution in [0.5, 0.6) is 0 Å². The molecule has 0 heterocycles. The average Bonchev–Trinajstić information content (AvgIpc) is 2.33. The van der Waals surface area contributed by atoms with Crippen LogP contribution in [-0.2, 0) is 6.42 Å². The fraction of sp³-hybridized carbons (Fsp3) is 0.538. The molecule has 0 aliphatic rings. The Bertz CT molecular complexity index is 353. The zero-order chi connectivity index (χ0) is 12.8. The van der Waals surface area contributed by atoms with Gasteiger partial charge < -0.3 is 0 Å². The average molecular weight is 303 g/mol. The molecular weight excluding hydrogens is 283 g/mol. The van der Waals surface area contributed by atoms with Crippen LogP contribution >= 0.6 is 15.9 Å². The van der Waals surface area contributed by atoms with E-state index in [1.54, 1.807) is 6.07 Å². The standard InChI is InChI=1S/C13H20BrFN2/c1-3-9(4-2)13(17-16)8-10-7-11(14)5-6-12(10)15/h5-7,9,13,17H,3-4,8,16H2,1-2H3. The molecule has 1 atom stereocenters. The van der Waals surface area contributed by atoms with Crippen molar-refractivity contribution in [1.29, 1.82) is 0 Å². The first-order chi connectivity index (χ1) is 8.12. The molecule has 0 aromatic heterocycles. The predicted molar refractivity (Wildman–Crippen MR) is 73.0 cm³/mol. The molecule has 2 nitrogen and oxygen atoms in total. The molecule has 0 radical (unpaired) electrons. The van der Waals surface area contributed by atoms with Crippen molar-refractivity contribution in [2.24, 2.45) is 11.8 Å². The van der Waals surface area contributed by atoms with Crippen LogP contribution in [0.4, 0.5) is 4.39 Å². The Kier molecular flexibility index (Phi) is 6.09. The Morgan fingerprint density at radius 3 is 2.53 bits per heavy atom. The van der Waals surface area contributed by atoms with Crippen LogP contribution in [0.25, 0.3) is 0 Å². The van der Waals surface area contributed by atoms with E-state index in [1.165, 1.54) is 6.07 Å². The first-order valence-electron chi connectivity index (χ1n) is 6.02. The Balaban J connectivity index is 2.83. The maximum Gasteiger partial charge on any atom is 0.126 e. The van der Waals surface area contributed by atoms with Gasteiger partial charge in [0.1, 0.15) is 5.82 Å². The molecule has 17 heavy (non-hydrogen) atoms. The minimum atomic E-state index is -0.167. The number of hydrogen-bond acceptors (Lipinski definition) is 2. The zero-order valence-corrected chi connectivity index (χ0v) is 11.9. The largest absolute Gasteiger partial charge is 0.271 e. The molecule has 1 aromatic carbocycles. The summed E-state index contributed by atoms with van der Waals surface area (Å²) in [4.78, 5) is 0. The summed E-state index contributed by atoms with van der Waals surface area (Å²) in [6.45, 7) is 4.27. The molecule has 0 spiro atoms. The van der Waals surface area contributed by atoms with Crippen molar-refractivity contribution in [3.05, 3.63) is 34.1 Å². The first-order valence-corrected chi connectivity index (χ1v) is 6.81. The number of hydrogen-bond donors (Lipinski definition) is 2. The van der Waals surface area contributed by atoms with E-state index in [2.05, 4.69) is 35.2 Å². The topological polar surface area (TPSA) is 38.0 Å². The molecule has 3 N–H and O–H groups in total. The molecule has 0 aliphatic heterocycles. The van der Waals surface area contributed by atoms with E-state index in [0.29, 0.717) is 17.9 Å². The van der Waals surface area contributed by atoms with Gasteiger partial charge in [-0.2, -0.15) is 0 Å². The second-order valence-corrected chi connectivity index (χ2v) is 5.21. The maximum atomic E-state index is 13.6. The number of hydrazine groups is 1. The summed E-state index contributed by atoms with van der Waals surface area (Å²) in [5, 5.41) is 0. The summed E-state index contributed by atoms with van der Waals surface area (Å²) in [6, 6.07) is 5.14. The molecule has 0 aliphatic carbocycles. The van der Waals surface area contributed by atoms with Gasteiger partial charge in [0.25, 0.3) is 0 Å². The fourth-order valence-corrected chi connectivity index (χ4v) is 2.56. The smallest absolute Gasteiger partial charge is 0.126 e. The van der Waals surface area contributed by atoms with E-state index in [9.17, 15) is 4.39 Å². The highest BCUT2D eigenvalue weighted by Crippen LogP contribution is 2.21. The molecule has 1 unspecified atom stereocenters. The van der Waals surface area contributed by atoms with Gasteiger partial charge in [0, 0.05) is 10.5 Å². The van der Waals surface area contributed by atoms with Crippen LogP contribution in [0.15, 0.2) is 22.7 Å². The van der Waals surface area contributed by atoms with Crippen LogP contribution in [-0.4, -0.2) is 6.04 Å². The normalized spacial score (nSPS) is 13.1. The SMILES string of the molecule is CCC(CC)C(Cc1cc(Br)ccc1F)NN. The van der Waals surface area contributed by atoms with Gasteiger partial charge in [-0.3, -0.25) is 11.3 Å². The second-order valence-electron chi connectivity index (χ2n) is 4.29. The summed E-state index contributed by atoms with van der Waals surface area (Å²) < 4.78 is 14.5. The third kappa shape index (κ3) is 4.05. The van der Waals surface area contributed by atoms with Crippen molar-refractivity contribution in [2.75, 3.05) is 0 Å². The van der Waals surface area contributed by atoms with Gasteiger partial charge in [-0.25, -0.2) is 4.39 Å². The lowest BCUT2D eigenvalue weighted by atomic mass is 9.90. The molecule has 0 fully saturated rings. The number of rotatable bonds is 6. The highest BCUT2D eigenvalue weighted by atomic mass is 79.9. The molecule has 0 saturated heterocycles. The lowest BCUT2D eigenvalue weighted by molar-refractivity contribution is 0.333. The molecular formula is C13H20BrFN2. The lowest BCUT2D eigenvalue weighted by Gasteiger charge is -2.24. The first kappa shape index (κ1) is 14.6. The molecule has 0 bridgehead atoms. The van der Waals surface area contributed by atoms with Gasteiger partial charge in [-0.1, -0.05) is 42.6 Å². The van der Waals surface area contributed by atoms with Gasteiger partial charge >= 0.3 is 0 Å². The van der Waals surface area contributed by atoms with E-state index in [-0.39, 0.29) is 11.9 Å². The van der Waals surface area contributed by atoms with Crippen LogP contribution in [0.3, 0.4) is 0 Å². The van der Waals surface area contributed by atoms with Crippen LogP contribution in [0.2, 0.25) is 0 Å². The summed E-state index contributed by atoms with van der Waals surface area (Å²) >= 11 is 3.36. The highest BCUT2D eigenvalue weighted by Gasteiger charge is 2.19. The highest BCUT2D eigenvalue weighted by molar-refractivity contribution is 9.10. The minimum Gasteiger partial charge on any atom is -0.271 e. The minimum absolute atomic E-state index is 0.119. The Morgan fingerprint density at radius 1 is 1.35 bits per heavy atom. The Morgan fingerprint density at radius 2 is 2.00 bits per heavy atom. The third-order valence-electron chi connectivity index (χ3n) is 3.28. The van der Waals surface area contributed by atoms with E-state index in [1.807, 2.05) is 6.07 Å². The Labute approximate surface area is 111 Å². The van der Waals surface area contributed by atoms with Crippen molar-refractivity contribution in [3.63, 3.8) is 0 Å². The summed E-state index contributed by atoms with van der Waals surface area (Å²) in [5.41, 5.74) is 3.52. The molecule has 0 saturated carbocycles. The quantitative estimate of drug-likeness (QED) is 0.624. The molecule has 1 aromatic rings. The predicted octanol–water partition coefficient (Wildman–Crippen LogP) is 3.40. The van der Waals surface area contributed by atoms with Crippen LogP contribution in [0, 0.1) is 11.7 Å². The van der Waals surface area contributed by atoms with Gasteiger partial charge in [0.15, 0.2) is 0 Å². The van der Waals surface area contributed by atoms with Gasteiger partial charge in [-0.15, -0.1) is 0 Å². The molecule has 4 heteroatoms. The van der Waals surface area contributed by atoms with Crippen LogP contribution < -0.4 is 11.3 Å². The van der Waals surface area contributed by atoms with Crippen molar-refractivity contribution in [2.45, 2.75) is 39.2 Å². The molecule has 0 amide bonds. The van der Waals surface area contributed by atoms with E-state index >= 15 is 0 Å². The lowest BCUT2D eigenvalue weighted by Crippen LogP contribution is -2.42. The van der Waals surface area contributed by atoms with Gasteiger partial charge in [0.2, 0.25) is 0 Å². The van der Waals surface area contributed by atoms with E-state index < -0.39 is 0 Å². The molecule has 1 rings (SSSR count). The van der Waals surface area contributed by atoms with Crippen molar-refractivity contribution in [1.82, 2.24) is 5.43 Å². The van der Waals surface area contributed by atoms with E-state index in [0.717, 1.165) is 17.3 Å². The monoisotopic (exact) mass is 302 g/mol. The summed E-state index contributed by atoms with van der Waals surface area (Å²) in [6.07, 6.45) is 2.70. The Hall–Kier alpha value is -0.450. The van der Waals surface area contributed by atoms with Gasteiger partial charge in [-0.05, 0) is 36.1 Å². The summed E-state index contributed by atoms with van der Waals surface area (Å²) in [5.74, 6) is 5.88. The third-order valence-corrected chi connectivity index (χ3v) is 3.77. The van der Waals surface area contributed by atoms with Crippen molar-refractivity contribution < 1.29 is 4.39 Å². The number of halogens is 2. The zero-order valence-electron chi connectivity index (χ0n) is 10.3. The summed E-state index contributed by atoms with van der Waals surface area (Å²) in [7, 11) is 0. The molecule has 96 valence electrons. The van der Waals surface area contributed by atoms with Crippen molar-refractivity contribution in [3.8, 4) is 0 Å². The number of benzene rings is 1. The van der Waals surface area contributed by atoms with Crippen molar-refractivity contribution >= 4 is 15.9 Å². The van der Waals surface area contributed by atoms with E-state index in [4.69, 9.17) is 5.84 Å². The number of nitrogens with two attached hydrogens (primary N) is 1. The fourth-order valence-electron chi connectivity index (χ4n) is 2.16. The van der Waals surface area contributed by atoms with Gasteiger partial charge in [0.05, 0.1) is 0 Å². The number of nitrogens with one attached hydrogen (secondary N) is 1.